The van der Waals surface area contributed by atoms with E-state index in [1.54, 1.807) is 0 Å². The summed E-state index contributed by atoms with van der Waals surface area (Å²) in [6.07, 6.45) is 0. The lowest BCUT2D eigenvalue weighted by molar-refractivity contribution is 0.478. The van der Waals surface area contributed by atoms with Crippen LogP contribution >= 0.6 is 39.1 Å². The lowest BCUT2D eigenvalue weighted by atomic mass is 10.3. The molecule has 0 bridgehead atoms. The Morgan fingerprint density at radius 2 is 1.72 bits per heavy atom. The van der Waals surface area contributed by atoms with Crippen LogP contribution in [0, 0.1) is 5.82 Å². The first-order chi connectivity index (χ1) is 8.47. The summed E-state index contributed by atoms with van der Waals surface area (Å²) >= 11 is 15.2. The molecule has 0 amide bonds. The summed E-state index contributed by atoms with van der Waals surface area (Å²) < 4.78 is 19.0. The molecule has 0 aliphatic carbocycles. The Kier molecular flexibility index (Phi) is 4.00. The zero-order chi connectivity index (χ0) is 13.3. The highest BCUT2D eigenvalue weighted by Gasteiger charge is 2.12. The van der Waals surface area contributed by atoms with Gasteiger partial charge in [0, 0.05) is 5.69 Å². The number of halogens is 4. The van der Waals surface area contributed by atoms with Gasteiger partial charge in [-0.05, 0) is 46.3 Å². The molecule has 0 aliphatic rings. The molecule has 2 rings (SSSR count). The van der Waals surface area contributed by atoms with E-state index in [4.69, 9.17) is 33.7 Å². The highest BCUT2D eigenvalue weighted by molar-refractivity contribution is 9.10. The van der Waals surface area contributed by atoms with Gasteiger partial charge in [-0.15, -0.1) is 0 Å². The van der Waals surface area contributed by atoms with Crippen molar-refractivity contribution in [1.82, 2.24) is 0 Å². The van der Waals surface area contributed by atoms with Crippen molar-refractivity contribution in [2.24, 2.45) is 0 Å². The predicted molar refractivity (Wildman–Crippen MR) is 75.0 cm³/mol. The van der Waals surface area contributed by atoms with Crippen molar-refractivity contribution < 1.29 is 9.13 Å². The van der Waals surface area contributed by atoms with Gasteiger partial charge in [-0.25, -0.2) is 4.39 Å². The Morgan fingerprint density at radius 1 is 1.11 bits per heavy atom. The Hall–Kier alpha value is -0.970. The third-order valence-electron chi connectivity index (χ3n) is 2.13. The van der Waals surface area contributed by atoms with Crippen LogP contribution in [0.15, 0.2) is 34.8 Å². The molecule has 94 valence electrons. The van der Waals surface area contributed by atoms with E-state index in [1.807, 2.05) is 0 Å². The van der Waals surface area contributed by atoms with Gasteiger partial charge in [0.1, 0.15) is 11.6 Å². The highest BCUT2D eigenvalue weighted by atomic mass is 79.9. The molecule has 0 heterocycles. The summed E-state index contributed by atoms with van der Waals surface area (Å²) in [5, 5.41) is 0.576. The van der Waals surface area contributed by atoms with Crippen LogP contribution < -0.4 is 10.5 Å². The maximum Gasteiger partial charge on any atom is 0.164 e. The second-order valence-electron chi connectivity index (χ2n) is 3.49. The minimum atomic E-state index is -0.372. The monoisotopic (exact) mass is 349 g/mol. The number of ether oxygens (including phenoxy) is 1. The van der Waals surface area contributed by atoms with Crippen molar-refractivity contribution in [3.63, 3.8) is 0 Å². The maximum absolute atomic E-state index is 12.9. The topological polar surface area (TPSA) is 35.2 Å². The molecule has 0 saturated heterocycles. The number of nitrogen functional groups attached to an aromatic ring is 1. The van der Waals surface area contributed by atoms with E-state index in [1.165, 1.54) is 30.3 Å². The van der Waals surface area contributed by atoms with Crippen molar-refractivity contribution in [2.75, 3.05) is 5.73 Å². The van der Waals surface area contributed by atoms with Crippen LogP contribution in [0.1, 0.15) is 0 Å². The average molecular weight is 351 g/mol. The van der Waals surface area contributed by atoms with Crippen LogP contribution in [-0.4, -0.2) is 0 Å². The van der Waals surface area contributed by atoms with Gasteiger partial charge in [0.05, 0.1) is 14.5 Å². The Balaban J connectivity index is 2.40. The molecule has 2 N–H and O–H groups in total. The number of anilines is 1. The molecule has 6 heteroatoms. The first kappa shape index (κ1) is 13.5. The van der Waals surface area contributed by atoms with Crippen molar-refractivity contribution in [3.8, 4) is 11.5 Å². The van der Waals surface area contributed by atoms with Crippen LogP contribution in [0.3, 0.4) is 0 Å². The standard InChI is InChI=1S/C12H7BrCl2FNO/c13-8-3-6(16)1-2-11(8)18-12-9(14)4-7(17)5-10(12)15/h1-5H,17H2. The van der Waals surface area contributed by atoms with E-state index in [0.717, 1.165) is 0 Å². The SMILES string of the molecule is Nc1cc(Cl)c(Oc2ccc(F)cc2Br)c(Cl)c1. The summed E-state index contributed by atoms with van der Waals surface area (Å²) in [5.74, 6) is 0.313. The smallest absolute Gasteiger partial charge is 0.164 e. The van der Waals surface area contributed by atoms with Crippen molar-refractivity contribution in [3.05, 3.63) is 50.7 Å². The van der Waals surface area contributed by atoms with Crippen LogP contribution in [0.25, 0.3) is 0 Å². The fourth-order valence-electron chi connectivity index (χ4n) is 1.34. The fourth-order valence-corrected chi connectivity index (χ4v) is 2.36. The van der Waals surface area contributed by atoms with E-state index in [2.05, 4.69) is 15.9 Å². The zero-order valence-corrected chi connectivity index (χ0v) is 12.0. The molecule has 0 aromatic heterocycles. The van der Waals surface area contributed by atoms with Crippen molar-refractivity contribution >= 4 is 44.8 Å². The van der Waals surface area contributed by atoms with Gasteiger partial charge in [0.2, 0.25) is 0 Å². The van der Waals surface area contributed by atoms with Gasteiger partial charge in [0.15, 0.2) is 5.75 Å². The number of benzene rings is 2. The third kappa shape index (κ3) is 2.88. The second kappa shape index (κ2) is 5.34. The summed E-state index contributed by atoms with van der Waals surface area (Å²) in [6, 6.07) is 7.09. The van der Waals surface area contributed by atoms with Gasteiger partial charge in [-0.1, -0.05) is 23.2 Å². The largest absolute Gasteiger partial charge is 0.453 e. The first-order valence-electron chi connectivity index (χ1n) is 4.85. The molecule has 0 unspecified atom stereocenters. The van der Waals surface area contributed by atoms with E-state index in [9.17, 15) is 4.39 Å². The Labute approximate surface area is 122 Å². The lowest BCUT2D eigenvalue weighted by Gasteiger charge is -2.11. The molecule has 2 aromatic rings. The number of rotatable bonds is 2. The van der Waals surface area contributed by atoms with Crippen LogP contribution in [0.4, 0.5) is 10.1 Å². The summed E-state index contributed by atoms with van der Waals surface area (Å²) in [5.41, 5.74) is 6.03. The van der Waals surface area contributed by atoms with Gasteiger partial charge in [-0.2, -0.15) is 0 Å². The molecule has 18 heavy (non-hydrogen) atoms. The molecule has 2 nitrogen and oxygen atoms in total. The molecule has 0 fully saturated rings. The normalized spacial score (nSPS) is 10.4. The van der Waals surface area contributed by atoms with Gasteiger partial charge < -0.3 is 10.5 Å². The van der Waals surface area contributed by atoms with Crippen LogP contribution in [-0.2, 0) is 0 Å². The molecule has 0 atom stereocenters. The quantitative estimate of drug-likeness (QED) is 0.749. The Morgan fingerprint density at radius 3 is 2.28 bits per heavy atom. The summed E-state index contributed by atoms with van der Waals surface area (Å²) in [7, 11) is 0. The van der Waals surface area contributed by atoms with E-state index in [-0.39, 0.29) is 21.6 Å². The molecule has 0 radical (unpaired) electrons. The molecular formula is C12H7BrCl2FNO. The van der Waals surface area contributed by atoms with Crippen molar-refractivity contribution in [1.29, 1.82) is 0 Å². The molecule has 0 spiro atoms. The number of hydrogen-bond acceptors (Lipinski definition) is 2. The van der Waals surface area contributed by atoms with Gasteiger partial charge in [-0.3, -0.25) is 0 Å². The van der Waals surface area contributed by atoms with Crippen molar-refractivity contribution in [2.45, 2.75) is 0 Å². The fraction of sp³-hybridized carbons (Fsp3) is 0. The number of hydrogen-bond donors (Lipinski definition) is 1. The highest BCUT2D eigenvalue weighted by Crippen LogP contribution is 2.40. The first-order valence-corrected chi connectivity index (χ1v) is 6.39. The second-order valence-corrected chi connectivity index (χ2v) is 5.16. The summed E-state index contributed by atoms with van der Waals surface area (Å²) in [6.45, 7) is 0. The third-order valence-corrected chi connectivity index (χ3v) is 3.31. The lowest BCUT2D eigenvalue weighted by Crippen LogP contribution is -1.91. The number of nitrogens with two attached hydrogens (primary N) is 1. The summed E-state index contributed by atoms with van der Waals surface area (Å²) in [4.78, 5) is 0. The van der Waals surface area contributed by atoms with E-state index >= 15 is 0 Å². The van der Waals surface area contributed by atoms with Crippen LogP contribution in [0.2, 0.25) is 10.0 Å². The van der Waals surface area contributed by atoms with Gasteiger partial charge >= 0.3 is 0 Å². The van der Waals surface area contributed by atoms with E-state index in [0.29, 0.717) is 15.9 Å². The minimum Gasteiger partial charge on any atom is -0.453 e. The average Bonchev–Trinajstić information content (AvgIpc) is 2.25. The van der Waals surface area contributed by atoms with Crippen LogP contribution in [0.5, 0.6) is 11.5 Å². The maximum atomic E-state index is 12.9. The molecule has 0 saturated carbocycles. The van der Waals surface area contributed by atoms with E-state index < -0.39 is 0 Å². The zero-order valence-electron chi connectivity index (χ0n) is 8.88. The Bertz CT molecular complexity index is 584. The molecule has 0 aliphatic heterocycles. The van der Waals surface area contributed by atoms with Gasteiger partial charge in [0.25, 0.3) is 0 Å². The molecule has 2 aromatic carbocycles. The minimum absolute atomic E-state index is 0.278. The molecular weight excluding hydrogens is 344 g/mol. The predicted octanol–water partition coefficient (Wildman–Crippen LogP) is 5.27.